The third-order valence-corrected chi connectivity index (χ3v) is 2.90. The molecule has 0 saturated carbocycles. The van der Waals surface area contributed by atoms with E-state index in [1.54, 1.807) is 6.92 Å². The van der Waals surface area contributed by atoms with Crippen molar-refractivity contribution in [3.05, 3.63) is 33.9 Å². The van der Waals surface area contributed by atoms with E-state index in [0.717, 1.165) is 6.42 Å². The van der Waals surface area contributed by atoms with Crippen molar-refractivity contribution in [3.63, 3.8) is 0 Å². The van der Waals surface area contributed by atoms with Crippen molar-refractivity contribution in [1.29, 1.82) is 0 Å². The standard InChI is InChI=1S/C14H20N2O5/c1-4-7-15-12(14(17)20-3)9-21-13-6-5-11(16(18)19)8-10(13)2/h5-6,8,12,15H,4,7,9H2,1-3H3. The summed E-state index contributed by atoms with van der Waals surface area (Å²) in [6.45, 7) is 4.48. The van der Waals surface area contributed by atoms with Crippen molar-refractivity contribution >= 4 is 11.7 Å². The lowest BCUT2D eigenvalue weighted by molar-refractivity contribution is -0.384. The van der Waals surface area contributed by atoms with Crippen LogP contribution in [-0.4, -0.2) is 37.2 Å². The second kappa shape index (κ2) is 8.21. The fraction of sp³-hybridized carbons (Fsp3) is 0.500. The molecule has 0 saturated heterocycles. The number of nitrogens with one attached hydrogen (secondary N) is 1. The van der Waals surface area contributed by atoms with E-state index in [9.17, 15) is 14.9 Å². The monoisotopic (exact) mass is 296 g/mol. The Balaban J connectivity index is 2.71. The average Bonchev–Trinajstić information content (AvgIpc) is 2.47. The lowest BCUT2D eigenvalue weighted by atomic mass is 10.2. The number of methoxy groups -OCH3 is 1. The SMILES string of the molecule is CCCNC(COc1ccc([N+](=O)[O-])cc1C)C(=O)OC. The van der Waals surface area contributed by atoms with Gasteiger partial charge < -0.3 is 14.8 Å². The third kappa shape index (κ3) is 5.03. The first-order valence-corrected chi connectivity index (χ1v) is 6.68. The highest BCUT2D eigenvalue weighted by Gasteiger charge is 2.19. The maximum Gasteiger partial charge on any atom is 0.326 e. The number of nitro groups is 1. The first kappa shape index (κ1) is 16.9. The maximum absolute atomic E-state index is 11.6. The van der Waals surface area contributed by atoms with Crippen LogP contribution < -0.4 is 10.1 Å². The zero-order valence-corrected chi connectivity index (χ0v) is 12.4. The number of esters is 1. The third-order valence-electron chi connectivity index (χ3n) is 2.90. The number of hydrogen-bond donors (Lipinski definition) is 1. The van der Waals surface area contributed by atoms with E-state index in [2.05, 4.69) is 5.32 Å². The van der Waals surface area contributed by atoms with Gasteiger partial charge in [-0.05, 0) is 31.5 Å². The van der Waals surface area contributed by atoms with Gasteiger partial charge in [0.2, 0.25) is 0 Å². The highest BCUT2D eigenvalue weighted by molar-refractivity contribution is 5.75. The highest BCUT2D eigenvalue weighted by Crippen LogP contribution is 2.23. The molecule has 0 spiro atoms. The number of ether oxygens (including phenoxy) is 2. The number of benzene rings is 1. The van der Waals surface area contributed by atoms with Gasteiger partial charge in [0.25, 0.3) is 5.69 Å². The number of hydrogen-bond acceptors (Lipinski definition) is 6. The minimum atomic E-state index is -0.565. The molecule has 116 valence electrons. The van der Waals surface area contributed by atoms with E-state index in [-0.39, 0.29) is 12.3 Å². The van der Waals surface area contributed by atoms with E-state index in [0.29, 0.717) is 17.9 Å². The van der Waals surface area contributed by atoms with Crippen LogP contribution in [-0.2, 0) is 9.53 Å². The van der Waals surface area contributed by atoms with Gasteiger partial charge in [-0.2, -0.15) is 0 Å². The van der Waals surface area contributed by atoms with Crippen LogP contribution in [0.4, 0.5) is 5.69 Å². The lowest BCUT2D eigenvalue weighted by Gasteiger charge is -2.17. The Labute approximate surface area is 123 Å². The molecule has 1 aromatic rings. The number of rotatable bonds is 8. The summed E-state index contributed by atoms with van der Waals surface area (Å²) in [7, 11) is 1.32. The fourth-order valence-electron chi connectivity index (χ4n) is 1.75. The molecule has 7 heteroatoms. The molecule has 7 nitrogen and oxygen atoms in total. The molecule has 0 heterocycles. The minimum Gasteiger partial charge on any atom is -0.491 e. The second-order valence-electron chi connectivity index (χ2n) is 4.55. The lowest BCUT2D eigenvalue weighted by Crippen LogP contribution is -2.42. The molecule has 0 aliphatic rings. The van der Waals surface area contributed by atoms with Crippen LogP contribution in [0.1, 0.15) is 18.9 Å². The summed E-state index contributed by atoms with van der Waals surface area (Å²) in [5.41, 5.74) is 0.650. The van der Waals surface area contributed by atoms with Crippen molar-refractivity contribution < 1.29 is 19.2 Å². The van der Waals surface area contributed by atoms with Gasteiger partial charge in [-0.15, -0.1) is 0 Å². The number of aryl methyl sites for hydroxylation is 1. The Bertz CT molecular complexity index is 504. The summed E-state index contributed by atoms with van der Waals surface area (Å²) in [5.74, 6) is 0.107. The number of nitro benzene ring substituents is 1. The van der Waals surface area contributed by atoms with Gasteiger partial charge in [0.05, 0.1) is 12.0 Å². The molecule has 1 atom stereocenters. The zero-order chi connectivity index (χ0) is 15.8. The number of carbonyl (C=O) groups is 1. The van der Waals surface area contributed by atoms with Crippen molar-refractivity contribution in [2.75, 3.05) is 20.3 Å². The molecule has 1 unspecified atom stereocenters. The Morgan fingerprint density at radius 3 is 2.71 bits per heavy atom. The molecule has 1 rings (SSSR count). The first-order chi connectivity index (χ1) is 9.99. The molecule has 1 aromatic carbocycles. The van der Waals surface area contributed by atoms with Crippen LogP contribution in [0.25, 0.3) is 0 Å². The molecular formula is C14H20N2O5. The van der Waals surface area contributed by atoms with Gasteiger partial charge in [0.1, 0.15) is 18.4 Å². The minimum absolute atomic E-state index is 0.00785. The van der Waals surface area contributed by atoms with Gasteiger partial charge in [-0.1, -0.05) is 6.92 Å². The van der Waals surface area contributed by atoms with Crippen LogP contribution in [0.5, 0.6) is 5.75 Å². The molecule has 0 aromatic heterocycles. The van der Waals surface area contributed by atoms with Crippen molar-refractivity contribution in [1.82, 2.24) is 5.32 Å². The van der Waals surface area contributed by atoms with Crippen LogP contribution in [0.2, 0.25) is 0 Å². The van der Waals surface area contributed by atoms with Crippen LogP contribution >= 0.6 is 0 Å². The van der Waals surface area contributed by atoms with Gasteiger partial charge in [0, 0.05) is 12.1 Å². The van der Waals surface area contributed by atoms with Crippen LogP contribution in [0, 0.1) is 17.0 Å². The van der Waals surface area contributed by atoms with E-state index in [1.807, 2.05) is 6.92 Å². The van der Waals surface area contributed by atoms with Gasteiger partial charge in [0.15, 0.2) is 0 Å². The average molecular weight is 296 g/mol. The molecular weight excluding hydrogens is 276 g/mol. The fourth-order valence-corrected chi connectivity index (χ4v) is 1.75. The quantitative estimate of drug-likeness (QED) is 0.447. The second-order valence-corrected chi connectivity index (χ2v) is 4.55. The Kier molecular flexibility index (Phi) is 6.61. The van der Waals surface area contributed by atoms with E-state index in [4.69, 9.17) is 9.47 Å². The van der Waals surface area contributed by atoms with Crippen molar-refractivity contribution in [3.8, 4) is 5.75 Å². The topological polar surface area (TPSA) is 90.7 Å². The van der Waals surface area contributed by atoms with E-state index >= 15 is 0 Å². The predicted octanol–water partition coefficient (Wildman–Crippen LogP) is 1.82. The summed E-state index contributed by atoms with van der Waals surface area (Å²) in [5, 5.41) is 13.7. The molecule has 0 bridgehead atoms. The summed E-state index contributed by atoms with van der Waals surface area (Å²) < 4.78 is 10.3. The van der Waals surface area contributed by atoms with Crippen molar-refractivity contribution in [2.24, 2.45) is 0 Å². The summed E-state index contributed by atoms with van der Waals surface area (Å²) in [6.07, 6.45) is 0.879. The van der Waals surface area contributed by atoms with Gasteiger partial charge in [-0.25, -0.2) is 0 Å². The highest BCUT2D eigenvalue weighted by atomic mass is 16.6. The summed E-state index contributed by atoms with van der Waals surface area (Å²) >= 11 is 0. The Morgan fingerprint density at radius 1 is 1.48 bits per heavy atom. The first-order valence-electron chi connectivity index (χ1n) is 6.68. The van der Waals surface area contributed by atoms with Gasteiger partial charge in [-0.3, -0.25) is 14.9 Å². The molecule has 1 N–H and O–H groups in total. The molecule has 0 amide bonds. The summed E-state index contributed by atoms with van der Waals surface area (Å²) in [6, 6.07) is 3.77. The molecule has 0 fully saturated rings. The smallest absolute Gasteiger partial charge is 0.326 e. The molecule has 21 heavy (non-hydrogen) atoms. The number of carbonyl (C=O) groups excluding carboxylic acids is 1. The molecule has 0 radical (unpaired) electrons. The predicted molar refractivity (Wildman–Crippen MR) is 77.4 cm³/mol. The summed E-state index contributed by atoms with van der Waals surface area (Å²) in [4.78, 5) is 21.8. The van der Waals surface area contributed by atoms with E-state index in [1.165, 1.54) is 25.3 Å². The normalized spacial score (nSPS) is 11.8. The Morgan fingerprint density at radius 2 is 2.19 bits per heavy atom. The van der Waals surface area contributed by atoms with Crippen LogP contribution in [0.3, 0.4) is 0 Å². The zero-order valence-electron chi connectivity index (χ0n) is 12.4. The maximum atomic E-state index is 11.6. The van der Waals surface area contributed by atoms with E-state index < -0.39 is 16.9 Å². The largest absolute Gasteiger partial charge is 0.491 e. The number of non-ortho nitro benzene ring substituents is 1. The van der Waals surface area contributed by atoms with Crippen molar-refractivity contribution in [2.45, 2.75) is 26.3 Å². The van der Waals surface area contributed by atoms with Crippen LogP contribution in [0.15, 0.2) is 18.2 Å². The number of nitrogens with zero attached hydrogens (tertiary/aromatic N) is 1. The molecule has 0 aliphatic heterocycles. The van der Waals surface area contributed by atoms with Gasteiger partial charge >= 0.3 is 5.97 Å². The molecule has 0 aliphatic carbocycles. The Hall–Kier alpha value is -2.15.